The first-order valence-electron chi connectivity index (χ1n) is 10.2. The summed E-state index contributed by atoms with van der Waals surface area (Å²) >= 11 is 0. The second-order valence-electron chi connectivity index (χ2n) is 7.60. The van der Waals surface area contributed by atoms with Gasteiger partial charge in [0.2, 0.25) is 5.91 Å². The van der Waals surface area contributed by atoms with Gasteiger partial charge in [-0.05, 0) is 67.4 Å². The number of aryl methyl sites for hydroxylation is 1. The van der Waals surface area contributed by atoms with E-state index < -0.39 is 10.0 Å². The lowest BCUT2D eigenvalue weighted by molar-refractivity contribution is -0.117. The van der Waals surface area contributed by atoms with Crippen molar-refractivity contribution in [1.29, 1.82) is 0 Å². The van der Waals surface area contributed by atoms with Gasteiger partial charge in [-0.25, -0.2) is 8.42 Å². The Bertz CT molecular complexity index is 1270. The Morgan fingerprint density at radius 2 is 1.72 bits per heavy atom. The van der Waals surface area contributed by atoms with E-state index >= 15 is 0 Å². The molecule has 2 amide bonds. The number of hydrogen-bond acceptors (Lipinski definition) is 4. The summed E-state index contributed by atoms with van der Waals surface area (Å²) in [6.07, 6.45) is 1.33. The molecule has 4 rings (SSSR count). The molecule has 0 spiro atoms. The number of carbonyl (C=O) groups excluding carboxylic acids is 2. The van der Waals surface area contributed by atoms with Crippen molar-refractivity contribution in [2.24, 2.45) is 0 Å². The summed E-state index contributed by atoms with van der Waals surface area (Å²) in [5.41, 5.74) is 2.91. The quantitative estimate of drug-likeness (QED) is 0.590. The number of sulfonamides is 1. The van der Waals surface area contributed by atoms with Crippen LogP contribution in [0.1, 0.15) is 28.8 Å². The van der Waals surface area contributed by atoms with Crippen molar-refractivity contribution in [2.45, 2.75) is 24.7 Å². The Balaban J connectivity index is 1.46. The van der Waals surface area contributed by atoms with Gasteiger partial charge in [0.25, 0.3) is 15.9 Å². The van der Waals surface area contributed by atoms with Crippen LogP contribution >= 0.6 is 0 Å². The first-order valence-corrected chi connectivity index (χ1v) is 11.7. The minimum atomic E-state index is -3.75. The lowest BCUT2D eigenvalue weighted by atomic mass is 10.1. The number of nitrogens with one attached hydrogen (secondary N) is 2. The van der Waals surface area contributed by atoms with E-state index in [1.165, 1.54) is 24.3 Å². The van der Waals surface area contributed by atoms with Gasteiger partial charge in [0.05, 0.1) is 10.6 Å². The average molecular weight is 450 g/mol. The molecule has 164 valence electrons. The van der Waals surface area contributed by atoms with Crippen molar-refractivity contribution in [2.75, 3.05) is 21.5 Å². The highest BCUT2D eigenvalue weighted by Gasteiger charge is 2.22. The van der Waals surface area contributed by atoms with E-state index in [-0.39, 0.29) is 16.7 Å². The lowest BCUT2D eigenvalue weighted by Gasteiger charge is -2.16. The van der Waals surface area contributed by atoms with Gasteiger partial charge in [-0.2, -0.15) is 0 Å². The van der Waals surface area contributed by atoms with Gasteiger partial charge in [-0.1, -0.05) is 24.3 Å². The molecule has 1 fully saturated rings. The number of hydrogen-bond donors (Lipinski definition) is 2. The Morgan fingerprint density at radius 1 is 0.969 bits per heavy atom. The Hall–Kier alpha value is -3.65. The van der Waals surface area contributed by atoms with Crippen LogP contribution in [0.5, 0.6) is 0 Å². The number of benzene rings is 3. The van der Waals surface area contributed by atoms with Gasteiger partial charge in [0, 0.05) is 29.9 Å². The Kier molecular flexibility index (Phi) is 5.96. The van der Waals surface area contributed by atoms with E-state index in [9.17, 15) is 18.0 Å². The number of anilines is 3. The van der Waals surface area contributed by atoms with Crippen molar-refractivity contribution in [3.63, 3.8) is 0 Å². The van der Waals surface area contributed by atoms with Crippen LogP contribution in [0.3, 0.4) is 0 Å². The Morgan fingerprint density at radius 3 is 2.41 bits per heavy atom. The van der Waals surface area contributed by atoms with Crippen molar-refractivity contribution in [1.82, 2.24) is 0 Å². The van der Waals surface area contributed by atoms with Crippen LogP contribution in [0.2, 0.25) is 0 Å². The van der Waals surface area contributed by atoms with Crippen molar-refractivity contribution in [3.8, 4) is 0 Å². The fourth-order valence-electron chi connectivity index (χ4n) is 3.55. The van der Waals surface area contributed by atoms with Crippen molar-refractivity contribution >= 4 is 38.9 Å². The molecule has 8 heteroatoms. The highest BCUT2D eigenvalue weighted by Crippen LogP contribution is 2.24. The molecular formula is C24H23N3O4S. The maximum atomic E-state index is 12.7. The van der Waals surface area contributed by atoms with E-state index in [1.807, 2.05) is 19.1 Å². The fourth-order valence-corrected chi connectivity index (χ4v) is 4.68. The van der Waals surface area contributed by atoms with Crippen LogP contribution in [-0.2, 0) is 14.8 Å². The summed E-state index contributed by atoms with van der Waals surface area (Å²) in [6.45, 7) is 2.47. The third kappa shape index (κ3) is 4.65. The summed E-state index contributed by atoms with van der Waals surface area (Å²) in [6, 6.07) is 20.0. The maximum Gasteiger partial charge on any atom is 0.261 e. The SMILES string of the molecule is Cc1ccccc1NS(=O)(=O)c1ccc(NC(=O)c2cccc(N3CCCC3=O)c2)cc1. The first kappa shape index (κ1) is 21.6. The zero-order chi connectivity index (χ0) is 22.7. The number of amides is 2. The molecule has 3 aromatic rings. The predicted molar refractivity (Wildman–Crippen MR) is 124 cm³/mol. The minimum absolute atomic E-state index is 0.0543. The molecule has 0 radical (unpaired) electrons. The molecule has 0 unspecified atom stereocenters. The molecule has 3 aromatic carbocycles. The lowest BCUT2D eigenvalue weighted by Crippen LogP contribution is -2.24. The summed E-state index contributed by atoms with van der Waals surface area (Å²) in [5.74, 6) is -0.286. The predicted octanol–water partition coefficient (Wildman–Crippen LogP) is 4.17. The van der Waals surface area contributed by atoms with E-state index in [2.05, 4.69) is 10.0 Å². The zero-order valence-corrected chi connectivity index (χ0v) is 18.4. The zero-order valence-electron chi connectivity index (χ0n) is 17.5. The molecular weight excluding hydrogens is 426 g/mol. The van der Waals surface area contributed by atoms with Gasteiger partial charge in [-0.3, -0.25) is 14.3 Å². The number of carbonyl (C=O) groups is 2. The molecule has 2 N–H and O–H groups in total. The largest absolute Gasteiger partial charge is 0.322 e. The third-order valence-electron chi connectivity index (χ3n) is 5.31. The van der Waals surface area contributed by atoms with Crippen LogP contribution < -0.4 is 14.9 Å². The summed E-state index contributed by atoms with van der Waals surface area (Å²) in [5, 5.41) is 2.77. The second-order valence-corrected chi connectivity index (χ2v) is 9.28. The molecule has 1 aliphatic rings. The van der Waals surface area contributed by atoms with Crippen LogP contribution in [-0.4, -0.2) is 26.8 Å². The number of nitrogens with zero attached hydrogens (tertiary/aromatic N) is 1. The van der Waals surface area contributed by atoms with Gasteiger partial charge in [0.15, 0.2) is 0 Å². The molecule has 1 saturated heterocycles. The molecule has 1 aliphatic heterocycles. The second kappa shape index (κ2) is 8.84. The molecule has 32 heavy (non-hydrogen) atoms. The maximum absolute atomic E-state index is 12.7. The van der Waals surface area contributed by atoms with Crippen LogP contribution in [0.4, 0.5) is 17.1 Å². The van der Waals surface area contributed by atoms with Gasteiger partial charge < -0.3 is 10.2 Å². The summed E-state index contributed by atoms with van der Waals surface area (Å²) in [4.78, 5) is 26.4. The van der Waals surface area contributed by atoms with Gasteiger partial charge >= 0.3 is 0 Å². The van der Waals surface area contributed by atoms with Gasteiger partial charge in [0.1, 0.15) is 0 Å². The topological polar surface area (TPSA) is 95.6 Å². The van der Waals surface area contributed by atoms with E-state index in [1.54, 1.807) is 41.3 Å². The van der Waals surface area contributed by atoms with Crippen molar-refractivity contribution < 1.29 is 18.0 Å². The third-order valence-corrected chi connectivity index (χ3v) is 6.69. The standard InChI is InChI=1S/C24H23N3O4S/c1-17-6-2-3-9-22(17)26-32(30,31)21-13-11-19(12-14-21)25-24(29)18-7-4-8-20(16-18)27-15-5-10-23(27)28/h2-4,6-9,11-14,16,26H,5,10,15H2,1H3,(H,25,29). The van der Waals surface area contributed by atoms with Crippen LogP contribution in [0.15, 0.2) is 77.7 Å². The summed E-state index contributed by atoms with van der Waals surface area (Å²) < 4.78 is 27.9. The van der Waals surface area contributed by atoms with E-state index in [4.69, 9.17) is 0 Å². The monoisotopic (exact) mass is 449 g/mol. The molecule has 1 heterocycles. The Labute approximate surface area is 187 Å². The minimum Gasteiger partial charge on any atom is -0.322 e. The van der Waals surface area contributed by atoms with Crippen molar-refractivity contribution in [3.05, 3.63) is 83.9 Å². The molecule has 0 saturated carbocycles. The van der Waals surface area contributed by atoms with E-state index in [0.29, 0.717) is 35.6 Å². The smallest absolute Gasteiger partial charge is 0.261 e. The van der Waals surface area contributed by atoms with Crippen LogP contribution in [0, 0.1) is 6.92 Å². The average Bonchev–Trinajstić information content (AvgIpc) is 3.21. The number of para-hydroxylation sites is 1. The van der Waals surface area contributed by atoms with E-state index in [0.717, 1.165) is 12.0 Å². The highest BCUT2D eigenvalue weighted by molar-refractivity contribution is 7.92. The number of rotatable bonds is 6. The summed E-state index contributed by atoms with van der Waals surface area (Å²) in [7, 11) is -3.75. The molecule has 7 nitrogen and oxygen atoms in total. The molecule has 0 bridgehead atoms. The van der Waals surface area contributed by atoms with Gasteiger partial charge in [-0.15, -0.1) is 0 Å². The highest BCUT2D eigenvalue weighted by atomic mass is 32.2. The van der Waals surface area contributed by atoms with Crippen LogP contribution in [0.25, 0.3) is 0 Å². The molecule has 0 atom stereocenters. The fraction of sp³-hybridized carbons (Fsp3) is 0.167. The molecule has 0 aromatic heterocycles. The normalized spacial score (nSPS) is 13.8. The first-order chi connectivity index (χ1) is 15.3. The molecule has 0 aliphatic carbocycles.